The van der Waals surface area contributed by atoms with Gasteiger partial charge in [0, 0.05) is 38.0 Å². The monoisotopic (exact) mass is 699 g/mol. The molecule has 1 amide bonds. The van der Waals surface area contributed by atoms with Crippen LogP contribution in [0.4, 0.5) is 0 Å². The Balaban J connectivity index is 1.25. The summed E-state index contributed by atoms with van der Waals surface area (Å²) in [6.45, 7) is 19.7. The number of esters is 1. The summed E-state index contributed by atoms with van der Waals surface area (Å²) in [7, 11) is 0. The Morgan fingerprint density at radius 2 is 1.62 bits per heavy atom. The number of fused-ring (bicyclic) bond motifs is 5. The number of carbonyl (C=O) groups is 2. The molecule has 0 saturated heterocycles. The Labute approximate surface area is 307 Å². The van der Waals surface area contributed by atoms with E-state index < -0.39 is 0 Å². The van der Waals surface area contributed by atoms with Crippen LogP contribution >= 0.6 is 0 Å². The molecular formula is C43H78N4O3. The Kier molecular flexibility index (Phi) is 15.7. The quantitative estimate of drug-likeness (QED) is 0.0669. The molecule has 288 valence electrons. The van der Waals surface area contributed by atoms with Crippen molar-refractivity contribution in [3.63, 3.8) is 0 Å². The van der Waals surface area contributed by atoms with Gasteiger partial charge in [-0.25, -0.2) is 0 Å². The van der Waals surface area contributed by atoms with Crippen LogP contribution in [-0.2, 0) is 14.3 Å². The molecule has 4 aliphatic rings. The van der Waals surface area contributed by atoms with Gasteiger partial charge in [-0.2, -0.15) is 0 Å². The lowest BCUT2D eigenvalue weighted by Crippen LogP contribution is -2.51. The smallest absolute Gasteiger partial charge is 0.306 e. The predicted molar refractivity (Wildman–Crippen MR) is 207 cm³/mol. The number of allylic oxidation sites excluding steroid dienone is 1. The number of nitrogens with zero attached hydrogens (tertiary/aromatic N) is 1. The highest BCUT2D eigenvalue weighted by Gasteiger charge is 2.59. The molecule has 7 nitrogen and oxygen atoms in total. The van der Waals surface area contributed by atoms with Gasteiger partial charge in [0.1, 0.15) is 6.10 Å². The average Bonchev–Trinajstić information content (AvgIpc) is 3.41. The largest absolute Gasteiger partial charge is 0.462 e. The number of hydrogen-bond acceptors (Lipinski definition) is 6. The van der Waals surface area contributed by atoms with E-state index in [-0.39, 0.29) is 48.3 Å². The standard InChI is InChI=1S/C43H78N4O3/c1-30(2)11-10-12-31(3)37-15-16-38-36-14-13-34-29-35(19-23-42(34,6)39(36)20-24-43(37,38)7)50-41(49)18-17-40(48)47(28-22-33(5)45)27-9-8-25-46-26-21-32(4)44/h13,30-33,35-39,46H,8-12,14-29,44-45H2,1-7H3/t31-,32?,33?,35?,36?,37?,38?,39?,42?,43?/m1/s1. The number of unbranched alkanes of at least 4 members (excludes halogenated alkanes) is 1. The van der Waals surface area contributed by atoms with Crippen molar-refractivity contribution in [2.24, 2.45) is 57.8 Å². The number of nitrogens with one attached hydrogen (secondary N) is 1. The first-order valence-corrected chi connectivity index (χ1v) is 21.1. The summed E-state index contributed by atoms with van der Waals surface area (Å²) in [6.07, 6.45) is 20.4. The third-order valence-corrected chi connectivity index (χ3v) is 14.1. The molecule has 0 spiro atoms. The van der Waals surface area contributed by atoms with Crippen LogP contribution in [0.15, 0.2) is 11.6 Å². The number of rotatable bonds is 20. The predicted octanol–water partition coefficient (Wildman–Crippen LogP) is 8.39. The first-order valence-electron chi connectivity index (χ1n) is 21.1. The fraction of sp³-hybridized carbons (Fsp3) is 0.907. The van der Waals surface area contributed by atoms with Gasteiger partial charge in [0.2, 0.25) is 5.91 Å². The number of carbonyl (C=O) groups excluding carboxylic acids is 2. The van der Waals surface area contributed by atoms with Gasteiger partial charge in [0.05, 0.1) is 6.42 Å². The zero-order chi connectivity index (χ0) is 36.5. The summed E-state index contributed by atoms with van der Waals surface area (Å²) < 4.78 is 6.09. The lowest BCUT2D eigenvalue weighted by Gasteiger charge is -2.58. The van der Waals surface area contributed by atoms with E-state index in [0.717, 1.165) is 93.5 Å². The van der Waals surface area contributed by atoms with Crippen molar-refractivity contribution in [2.75, 3.05) is 26.2 Å². The summed E-state index contributed by atoms with van der Waals surface area (Å²) in [5.41, 5.74) is 14.1. The summed E-state index contributed by atoms with van der Waals surface area (Å²) in [5, 5.41) is 3.44. The Bertz CT molecular complexity index is 1110. The van der Waals surface area contributed by atoms with Crippen LogP contribution in [-0.4, -0.2) is 61.1 Å². The Hall–Kier alpha value is -1.44. The fourth-order valence-electron chi connectivity index (χ4n) is 11.1. The zero-order valence-corrected chi connectivity index (χ0v) is 33.4. The second-order valence-corrected chi connectivity index (χ2v) is 18.5. The fourth-order valence-corrected chi connectivity index (χ4v) is 11.1. The highest BCUT2D eigenvalue weighted by Crippen LogP contribution is 2.67. The minimum Gasteiger partial charge on any atom is -0.462 e. The van der Waals surface area contributed by atoms with Crippen molar-refractivity contribution in [3.8, 4) is 0 Å². The van der Waals surface area contributed by atoms with Gasteiger partial charge >= 0.3 is 5.97 Å². The molecule has 0 bridgehead atoms. The molecule has 3 fully saturated rings. The van der Waals surface area contributed by atoms with Crippen LogP contribution in [0.3, 0.4) is 0 Å². The molecule has 4 rings (SSSR count). The maximum Gasteiger partial charge on any atom is 0.306 e. The third-order valence-electron chi connectivity index (χ3n) is 14.1. The van der Waals surface area contributed by atoms with Crippen LogP contribution in [0.2, 0.25) is 0 Å². The maximum atomic E-state index is 13.2. The topological polar surface area (TPSA) is 111 Å². The van der Waals surface area contributed by atoms with Crippen LogP contribution in [0.25, 0.3) is 0 Å². The van der Waals surface area contributed by atoms with Gasteiger partial charge in [-0.1, -0.05) is 65.5 Å². The van der Waals surface area contributed by atoms with E-state index >= 15 is 0 Å². The van der Waals surface area contributed by atoms with Gasteiger partial charge in [0.15, 0.2) is 0 Å². The van der Waals surface area contributed by atoms with Crippen molar-refractivity contribution in [3.05, 3.63) is 11.6 Å². The molecular weight excluding hydrogens is 620 g/mol. The number of amides is 1. The molecule has 0 aliphatic heterocycles. The molecule has 4 aliphatic carbocycles. The normalized spacial score (nSPS) is 32.4. The third kappa shape index (κ3) is 10.8. The maximum absolute atomic E-state index is 13.2. The zero-order valence-electron chi connectivity index (χ0n) is 33.4. The van der Waals surface area contributed by atoms with Crippen molar-refractivity contribution in [1.82, 2.24) is 10.2 Å². The highest BCUT2D eigenvalue weighted by molar-refractivity contribution is 5.81. The molecule has 9 unspecified atom stereocenters. The van der Waals surface area contributed by atoms with Gasteiger partial charge in [-0.05, 0) is 144 Å². The molecule has 3 saturated carbocycles. The number of nitrogens with two attached hydrogens (primary N) is 2. The molecule has 50 heavy (non-hydrogen) atoms. The van der Waals surface area contributed by atoms with Gasteiger partial charge < -0.3 is 26.4 Å². The molecule has 0 radical (unpaired) electrons. The second-order valence-electron chi connectivity index (χ2n) is 18.5. The summed E-state index contributed by atoms with van der Waals surface area (Å²) >= 11 is 0. The number of hydrogen-bond donors (Lipinski definition) is 3. The van der Waals surface area contributed by atoms with Crippen molar-refractivity contribution in [2.45, 2.75) is 176 Å². The summed E-state index contributed by atoms with van der Waals surface area (Å²) in [4.78, 5) is 28.2. The molecule has 0 aromatic rings. The van der Waals surface area contributed by atoms with Crippen LogP contribution < -0.4 is 16.8 Å². The molecule has 0 aromatic carbocycles. The van der Waals surface area contributed by atoms with Crippen molar-refractivity contribution >= 4 is 11.9 Å². The van der Waals surface area contributed by atoms with Gasteiger partial charge in [0.25, 0.3) is 0 Å². The Morgan fingerprint density at radius 1 is 0.860 bits per heavy atom. The van der Waals surface area contributed by atoms with E-state index in [1.54, 1.807) is 5.57 Å². The highest BCUT2D eigenvalue weighted by atomic mass is 16.5. The molecule has 10 atom stereocenters. The second kappa shape index (κ2) is 19.1. The van der Waals surface area contributed by atoms with E-state index in [9.17, 15) is 9.59 Å². The summed E-state index contributed by atoms with van der Waals surface area (Å²) in [6, 6.07) is 0.251. The van der Waals surface area contributed by atoms with Crippen molar-refractivity contribution in [1.29, 1.82) is 0 Å². The first kappa shape index (κ1) is 41.3. The molecule has 7 heteroatoms. The lowest BCUT2D eigenvalue weighted by molar-refractivity contribution is -0.153. The van der Waals surface area contributed by atoms with E-state index in [2.05, 4.69) is 46.0 Å². The average molecular weight is 699 g/mol. The lowest BCUT2D eigenvalue weighted by atomic mass is 9.47. The summed E-state index contributed by atoms with van der Waals surface area (Å²) in [5.74, 6) is 4.78. The van der Waals surface area contributed by atoms with Gasteiger partial charge in [-0.15, -0.1) is 0 Å². The van der Waals surface area contributed by atoms with E-state index in [1.165, 1.54) is 51.4 Å². The van der Waals surface area contributed by atoms with Gasteiger partial charge in [-0.3, -0.25) is 9.59 Å². The van der Waals surface area contributed by atoms with E-state index in [1.807, 2.05) is 18.7 Å². The minimum atomic E-state index is -0.223. The Morgan fingerprint density at radius 3 is 2.34 bits per heavy atom. The van der Waals surface area contributed by atoms with Crippen LogP contribution in [0.1, 0.15) is 158 Å². The number of ether oxygens (including phenoxy) is 1. The molecule has 0 heterocycles. The van der Waals surface area contributed by atoms with Crippen LogP contribution in [0.5, 0.6) is 0 Å². The SMILES string of the molecule is CC(C)CCC[C@@H](C)C1CCC2C3CC=C4CC(OC(=O)CCC(=O)N(CCCCNCCC(C)N)CCC(C)N)CCC4(C)C3CCC21C. The molecule has 0 aromatic heterocycles. The van der Waals surface area contributed by atoms with Crippen LogP contribution in [0, 0.1) is 46.3 Å². The van der Waals surface area contributed by atoms with E-state index in [4.69, 9.17) is 16.2 Å². The molecule has 5 N–H and O–H groups in total. The minimum absolute atomic E-state index is 0.0353. The van der Waals surface area contributed by atoms with E-state index in [0.29, 0.717) is 18.5 Å². The first-order chi connectivity index (χ1) is 23.7. The van der Waals surface area contributed by atoms with Crippen molar-refractivity contribution < 1.29 is 14.3 Å².